The first-order chi connectivity index (χ1) is 10.4. The summed E-state index contributed by atoms with van der Waals surface area (Å²) in [6.07, 6.45) is 3.83. The summed E-state index contributed by atoms with van der Waals surface area (Å²) < 4.78 is 10.8. The van der Waals surface area contributed by atoms with Crippen molar-refractivity contribution in [1.82, 2.24) is 5.32 Å². The second-order valence-electron chi connectivity index (χ2n) is 6.50. The van der Waals surface area contributed by atoms with E-state index in [1.54, 1.807) is 0 Å². The van der Waals surface area contributed by atoms with E-state index in [-0.39, 0.29) is 6.09 Å². The molecule has 0 aliphatic carbocycles. The predicted octanol–water partition coefficient (Wildman–Crippen LogP) is 4.46. The average molecular weight is 307 g/mol. The maximum atomic E-state index is 11.4. The molecule has 1 aromatic rings. The van der Waals surface area contributed by atoms with Gasteiger partial charge in [-0.3, -0.25) is 0 Å². The minimum absolute atomic E-state index is 0.338. The molecule has 0 unspecified atom stereocenters. The zero-order valence-electron chi connectivity index (χ0n) is 14.3. The third-order valence-corrected chi connectivity index (χ3v) is 3.03. The molecule has 1 rings (SSSR count). The number of rotatable bonds is 8. The van der Waals surface area contributed by atoms with Crippen LogP contribution in [0.15, 0.2) is 24.3 Å². The van der Waals surface area contributed by atoms with Gasteiger partial charge in [-0.05, 0) is 52.7 Å². The van der Waals surface area contributed by atoms with Gasteiger partial charge in [0.05, 0.1) is 6.61 Å². The maximum Gasteiger partial charge on any atom is 0.407 e. The molecular weight excluding hydrogens is 278 g/mol. The van der Waals surface area contributed by atoms with Gasteiger partial charge in [-0.1, -0.05) is 30.5 Å². The van der Waals surface area contributed by atoms with E-state index in [0.29, 0.717) is 6.54 Å². The first-order valence-electron chi connectivity index (χ1n) is 8.03. The Kier molecular flexibility index (Phi) is 7.78. The number of hydrogen-bond acceptors (Lipinski definition) is 3. The standard InChI is InChI=1S/C18H29NO3/c1-15-9-11-16(12-10-15)21-14-8-6-5-7-13-19-17(20)22-18(2,3)4/h9-12H,5-8,13-14H2,1-4H3,(H,19,20). The fraction of sp³-hybridized carbons (Fsp3) is 0.611. The lowest BCUT2D eigenvalue weighted by molar-refractivity contribution is 0.0527. The predicted molar refractivity (Wildman–Crippen MR) is 89.4 cm³/mol. The summed E-state index contributed by atoms with van der Waals surface area (Å²) >= 11 is 0. The second-order valence-corrected chi connectivity index (χ2v) is 6.50. The molecule has 22 heavy (non-hydrogen) atoms. The molecule has 4 nitrogen and oxygen atoms in total. The Balaban J connectivity index is 1.95. The molecule has 1 N–H and O–H groups in total. The average Bonchev–Trinajstić information content (AvgIpc) is 2.42. The van der Waals surface area contributed by atoms with E-state index in [0.717, 1.165) is 38.0 Å². The number of benzene rings is 1. The molecule has 0 atom stereocenters. The third kappa shape index (κ3) is 9.27. The lowest BCUT2D eigenvalue weighted by Crippen LogP contribution is -2.32. The number of nitrogens with one attached hydrogen (secondary N) is 1. The second kappa shape index (κ2) is 9.34. The quantitative estimate of drug-likeness (QED) is 0.721. The normalized spacial score (nSPS) is 11.1. The van der Waals surface area contributed by atoms with E-state index in [4.69, 9.17) is 9.47 Å². The van der Waals surface area contributed by atoms with Gasteiger partial charge in [-0.15, -0.1) is 0 Å². The van der Waals surface area contributed by atoms with E-state index in [1.807, 2.05) is 32.9 Å². The maximum absolute atomic E-state index is 11.4. The number of unbranched alkanes of at least 4 members (excludes halogenated alkanes) is 3. The topological polar surface area (TPSA) is 47.6 Å². The van der Waals surface area contributed by atoms with E-state index >= 15 is 0 Å². The first-order valence-corrected chi connectivity index (χ1v) is 8.03. The van der Waals surface area contributed by atoms with Crippen LogP contribution in [0.5, 0.6) is 5.75 Å². The molecule has 0 fully saturated rings. The Morgan fingerprint density at radius 1 is 1.05 bits per heavy atom. The van der Waals surface area contributed by atoms with Crippen molar-refractivity contribution in [1.29, 1.82) is 0 Å². The summed E-state index contributed by atoms with van der Waals surface area (Å²) in [6, 6.07) is 8.11. The van der Waals surface area contributed by atoms with Gasteiger partial charge < -0.3 is 14.8 Å². The highest BCUT2D eigenvalue weighted by Crippen LogP contribution is 2.12. The molecule has 0 radical (unpaired) electrons. The molecule has 124 valence electrons. The Bertz CT molecular complexity index is 435. The van der Waals surface area contributed by atoms with Crippen LogP contribution in [-0.4, -0.2) is 24.8 Å². The van der Waals surface area contributed by atoms with Gasteiger partial charge in [-0.2, -0.15) is 0 Å². The number of alkyl carbamates (subject to hydrolysis) is 1. The molecule has 4 heteroatoms. The number of ether oxygens (including phenoxy) is 2. The van der Waals surface area contributed by atoms with Gasteiger partial charge in [0.15, 0.2) is 0 Å². The summed E-state index contributed by atoms with van der Waals surface area (Å²) in [6.45, 7) is 9.05. The third-order valence-electron chi connectivity index (χ3n) is 3.03. The molecule has 0 saturated carbocycles. The van der Waals surface area contributed by atoms with Gasteiger partial charge in [0.1, 0.15) is 11.4 Å². The Hall–Kier alpha value is -1.71. The van der Waals surface area contributed by atoms with Crippen LogP contribution in [-0.2, 0) is 4.74 Å². The Morgan fingerprint density at radius 3 is 2.32 bits per heavy atom. The molecule has 0 saturated heterocycles. The van der Waals surface area contributed by atoms with Gasteiger partial charge in [0, 0.05) is 6.54 Å². The van der Waals surface area contributed by atoms with E-state index in [1.165, 1.54) is 5.56 Å². The van der Waals surface area contributed by atoms with Crippen molar-refractivity contribution in [2.45, 2.75) is 59.0 Å². The Morgan fingerprint density at radius 2 is 1.68 bits per heavy atom. The van der Waals surface area contributed by atoms with Crippen LogP contribution in [0.3, 0.4) is 0 Å². The minimum atomic E-state index is -0.433. The van der Waals surface area contributed by atoms with Crippen LogP contribution in [0.4, 0.5) is 4.79 Å². The highest BCUT2D eigenvalue weighted by atomic mass is 16.6. The van der Waals surface area contributed by atoms with Crippen molar-refractivity contribution < 1.29 is 14.3 Å². The van der Waals surface area contributed by atoms with Crippen molar-refractivity contribution in [2.24, 2.45) is 0 Å². The number of amides is 1. The number of carbonyl (C=O) groups excluding carboxylic acids is 1. The van der Waals surface area contributed by atoms with Gasteiger partial charge in [0.2, 0.25) is 0 Å². The molecular formula is C18H29NO3. The van der Waals surface area contributed by atoms with Crippen LogP contribution in [0.1, 0.15) is 52.0 Å². The molecule has 1 aromatic carbocycles. The van der Waals surface area contributed by atoms with Crippen molar-refractivity contribution in [2.75, 3.05) is 13.2 Å². The SMILES string of the molecule is Cc1ccc(OCCCCCCNC(=O)OC(C)(C)C)cc1. The van der Waals surface area contributed by atoms with Gasteiger partial charge in [-0.25, -0.2) is 4.79 Å². The zero-order valence-corrected chi connectivity index (χ0v) is 14.3. The van der Waals surface area contributed by atoms with Crippen molar-refractivity contribution in [3.05, 3.63) is 29.8 Å². The molecule has 0 heterocycles. The summed E-state index contributed by atoms with van der Waals surface area (Å²) in [5.74, 6) is 0.928. The zero-order chi connectivity index (χ0) is 16.4. The molecule has 1 amide bonds. The smallest absolute Gasteiger partial charge is 0.407 e. The molecule has 0 aliphatic heterocycles. The van der Waals surface area contributed by atoms with Crippen molar-refractivity contribution in [3.8, 4) is 5.75 Å². The van der Waals surface area contributed by atoms with E-state index in [2.05, 4.69) is 24.4 Å². The van der Waals surface area contributed by atoms with Crippen LogP contribution >= 0.6 is 0 Å². The van der Waals surface area contributed by atoms with Crippen LogP contribution in [0.25, 0.3) is 0 Å². The summed E-state index contributed by atoms with van der Waals surface area (Å²) in [5.41, 5.74) is 0.807. The molecule has 0 aromatic heterocycles. The largest absolute Gasteiger partial charge is 0.494 e. The minimum Gasteiger partial charge on any atom is -0.494 e. The molecule has 0 aliphatic rings. The first kappa shape index (κ1) is 18.3. The number of aryl methyl sites for hydroxylation is 1. The monoisotopic (exact) mass is 307 g/mol. The van der Waals surface area contributed by atoms with Crippen molar-refractivity contribution in [3.63, 3.8) is 0 Å². The lowest BCUT2D eigenvalue weighted by atomic mass is 10.2. The van der Waals surface area contributed by atoms with Crippen LogP contribution in [0.2, 0.25) is 0 Å². The number of carbonyl (C=O) groups is 1. The summed E-state index contributed by atoms with van der Waals surface area (Å²) in [7, 11) is 0. The highest BCUT2D eigenvalue weighted by Gasteiger charge is 2.15. The summed E-state index contributed by atoms with van der Waals surface area (Å²) in [4.78, 5) is 11.4. The molecule has 0 spiro atoms. The van der Waals surface area contributed by atoms with Crippen LogP contribution < -0.4 is 10.1 Å². The van der Waals surface area contributed by atoms with Crippen molar-refractivity contribution >= 4 is 6.09 Å². The van der Waals surface area contributed by atoms with E-state index < -0.39 is 5.60 Å². The van der Waals surface area contributed by atoms with E-state index in [9.17, 15) is 4.79 Å². The summed E-state index contributed by atoms with van der Waals surface area (Å²) in [5, 5.41) is 2.77. The number of hydrogen-bond donors (Lipinski definition) is 1. The highest BCUT2D eigenvalue weighted by molar-refractivity contribution is 5.67. The Labute approximate surface area is 134 Å². The van der Waals surface area contributed by atoms with Gasteiger partial charge in [0.25, 0.3) is 0 Å². The fourth-order valence-corrected chi connectivity index (χ4v) is 1.91. The van der Waals surface area contributed by atoms with Crippen LogP contribution in [0, 0.1) is 6.92 Å². The fourth-order valence-electron chi connectivity index (χ4n) is 1.91. The van der Waals surface area contributed by atoms with Gasteiger partial charge >= 0.3 is 6.09 Å². The molecule has 0 bridgehead atoms. The lowest BCUT2D eigenvalue weighted by Gasteiger charge is -2.19.